The number of hydrogen-bond acceptors (Lipinski definition) is 3. The van der Waals surface area contributed by atoms with Crippen LogP contribution in [0.1, 0.15) is 24.8 Å². The Kier molecular flexibility index (Phi) is 5.51. The molecular formula is C18H26N2O3. The number of nitrogens with one attached hydrogen (secondary N) is 1. The third-order valence-corrected chi connectivity index (χ3v) is 4.56. The minimum absolute atomic E-state index is 0.0614. The van der Waals surface area contributed by atoms with Gasteiger partial charge in [0.1, 0.15) is 0 Å². The van der Waals surface area contributed by atoms with E-state index in [4.69, 9.17) is 9.47 Å². The molecule has 0 radical (unpaired) electrons. The van der Waals surface area contributed by atoms with Gasteiger partial charge in [-0.3, -0.25) is 0 Å². The van der Waals surface area contributed by atoms with Crippen molar-refractivity contribution in [3.05, 3.63) is 35.9 Å². The van der Waals surface area contributed by atoms with Crippen LogP contribution in [0.5, 0.6) is 0 Å². The lowest BCUT2D eigenvalue weighted by Gasteiger charge is -2.28. The second kappa shape index (κ2) is 7.79. The Balaban J connectivity index is 1.66. The van der Waals surface area contributed by atoms with E-state index < -0.39 is 0 Å². The smallest absolute Gasteiger partial charge is 0.317 e. The summed E-state index contributed by atoms with van der Waals surface area (Å²) in [5.41, 5.74) is 1.24. The molecule has 23 heavy (non-hydrogen) atoms. The van der Waals surface area contributed by atoms with Gasteiger partial charge in [-0.2, -0.15) is 0 Å². The maximum Gasteiger partial charge on any atom is 0.317 e. The molecule has 0 unspecified atom stereocenters. The van der Waals surface area contributed by atoms with Crippen LogP contribution in [-0.4, -0.2) is 56.0 Å². The number of nitrogens with zero attached hydrogens (tertiary/aromatic N) is 1. The zero-order valence-electron chi connectivity index (χ0n) is 13.7. The van der Waals surface area contributed by atoms with Gasteiger partial charge in [-0.25, -0.2) is 4.79 Å². The second-order valence-corrected chi connectivity index (χ2v) is 6.36. The first-order valence-corrected chi connectivity index (χ1v) is 8.49. The van der Waals surface area contributed by atoms with Crippen molar-refractivity contribution in [3.8, 4) is 0 Å². The highest BCUT2D eigenvalue weighted by atomic mass is 16.5. The molecule has 0 spiro atoms. The number of ether oxygens (including phenoxy) is 2. The van der Waals surface area contributed by atoms with E-state index in [0.29, 0.717) is 19.3 Å². The van der Waals surface area contributed by atoms with Crippen LogP contribution in [0, 0.1) is 0 Å². The van der Waals surface area contributed by atoms with Crippen molar-refractivity contribution in [2.24, 2.45) is 0 Å². The third-order valence-electron chi connectivity index (χ3n) is 4.56. The number of rotatable bonds is 7. The van der Waals surface area contributed by atoms with Crippen molar-refractivity contribution in [2.45, 2.75) is 43.9 Å². The van der Waals surface area contributed by atoms with E-state index in [1.807, 2.05) is 23.1 Å². The fourth-order valence-corrected chi connectivity index (χ4v) is 3.14. The molecular weight excluding hydrogens is 292 g/mol. The quantitative estimate of drug-likeness (QED) is 0.784. The molecule has 5 nitrogen and oxygen atoms in total. The molecule has 3 rings (SSSR count). The Hall–Kier alpha value is -1.59. The van der Waals surface area contributed by atoms with E-state index in [1.54, 1.807) is 7.11 Å². The zero-order chi connectivity index (χ0) is 16.1. The van der Waals surface area contributed by atoms with E-state index in [0.717, 1.165) is 32.2 Å². The molecule has 5 heteroatoms. The molecule has 1 N–H and O–H groups in total. The maximum atomic E-state index is 12.5. The highest BCUT2D eigenvalue weighted by molar-refractivity contribution is 5.75. The van der Waals surface area contributed by atoms with Crippen LogP contribution in [0.15, 0.2) is 30.3 Å². The van der Waals surface area contributed by atoms with Crippen molar-refractivity contribution in [1.29, 1.82) is 0 Å². The molecule has 2 fully saturated rings. The normalized spacial score (nSPS) is 24.0. The van der Waals surface area contributed by atoms with Crippen molar-refractivity contribution >= 4 is 6.03 Å². The summed E-state index contributed by atoms with van der Waals surface area (Å²) in [6.45, 7) is 1.92. The number of amides is 2. The van der Waals surface area contributed by atoms with Gasteiger partial charge >= 0.3 is 6.03 Å². The van der Waals surface area contributed by atoms with E-state index in [9.17, 15) is 4.79 Å². The van der Waals surface area contributed by atoms with Crippen LogP contribution in [0.25, 0.3) is 0 Å². The van der Waals surface area contributed by atoms with Crippen molar-refractivity contribution in [3.63, 3.8) is 0 Å². The molecule has 2 aliphatic rings. The summed E-state index contributed by atoms with van der Waals surface area (Å²) in [7, 11) is 1.68. The number of carbonyl (C=O) groups is 1. The molecule has 1 heterocycles. The standard InChI is InChI=1S/C18H26N2O3/c1-22-11-12-23-17-9-10-20(18(21)19-15-7-8-15)16(17)13-14-5-3-2-4-6-14/h2-6,15-17H,7-13H2,1H3,(H,19,21)/t16-,17-/m0/s1. The predicted molar refractivity (Wildman–Crippen MR) is 88.4 cm³/mol. The Bertz CT molecular complexity index is 504. The first kappa shape index (κ1) is 16.3. The third kappa shape index (κ3) is 4.45. The summed E-state index contributed by atoms with van der Waals surface area (Å²) in [4.78, 5) is 14.5. The van der Waals surface area contributed by atoms with Crippen molar-refractivity contribution in [1.82, 2.24) is 10.2 Å². The van der Waals surface area contributed by atoms with E-state index in [1.165, 1.54) is 5.56 Å². The van der Waals surface area contributed by atoms with Crippen LogP contribution in [0.4, 0.5) is 4.79 Å². The van der Waals surface area contributed by atoms with E-state index >= 15 is 0 Å². The number of carbonyl (C=O) groups excluding carboxylic acids is 1. The highest BCUT2D eigenvalue weighted by Crippen LogP contribution is 2.26. The molecule has 1 aliphatic carbocycles. The lowest BCUT2D eigenvalue weighted by atomic mass is 10.0. The van der Waals surface area contributed by atoms with Gasteiger partial charge in [-0.15, -0.1) is 0 Å². The van der Waals surface area contributed by atoms with Gasteiger partial charge in [0.15, 0.2) is 0 Å². The monoisotopic (exact) mass is 318 g/mol. The topological polar surface area (TPSA) is 50.8 Å². The lowest BCUT2D eigenvalue weighted by molar-refractivity contribution is 0.00331. The minimum Gasteiger partial charge on any atom is -0.382 e. The first-order chi connectivity index (χ1) is 11.3. The molecule has 2 amide bonds. The van der Waals surface area contributed by atoms with Gasteiger partial charge < -0.3 is 19.7 Å². The van der Waals surface area contributed by atoms with Gasteiger partial charge in [0.25, 0.3) is 0 Å². The Labute approximate surface area is 137 Å². The zero-order valence-corrected chi connectivity index (χ0v) is 13.7. The molecule has 126 valence electrons. The van der Waals surface area contributed by atoms with Gasteiger partial charge in [-0.1, -0.05) is 30.3 Å². The summed E-state index contributed by atoms with van der Waals surface area (Å²) in [6, 6.07) is 10.9. The number of urea groups is 1. The average Bonchev–Trinajstić information content (AvgIpc) is 3.29. The number of likely N-dealkylation sites (tertiary alicyclic amines) is 1. The van der Waals surface area contributed by atoms with Crippen molar-refractivity contribution in [2.75, 3.05) is 26.9 Å². The minimum atomic E-state index is 0.0614. The molecule has 1 saturated heterocycles. The van der Waals surface area contributed by atoms with Gasteiger partial charge in [0, 0.05) is 19.7 Å². The summed E-state index contributed by atoms with van der Waals surface area (Å²) in [6.07, 6.45) is 4.01. The van der Waals surface area contributed by atoms with Crippen LogP contribution in [0.3, 0.4) is 0 Å². The Morgan fingerprint density at radius 1 is 1.22 bits per heavy atom. The predicted octanol–water partition coefficient (Wildman–Crippen LogP) is 2.21. The summed E-state index contributed by atoms with van der Waals surface area (Å²) in [5.74, 6) is 0. The summed E-state index contributed by atoms with van der Waals surface area (Å²) < 4.78 is 11.1. The fraction of sp³-hybridized carbons (Fsp3) is 0.611. The second-order valence-electron chi connectivity index (χ2n) is 6.36. The molecule has 1 aliphatic heterocycles. The largest absolute Gasteiger partial charge is 0.382 e. The van der Waals surface area contributed by atoms with E-state index in [2.05, 4.69) is 17.4 Å². The number of hydrogen-bond donors (Lipinski definition) is 1. The molecule has 1 aromatic carbocycles. The SMILES string of the molecule is COCCO[C@H]1CCN(C(=O)NC2CC2)[C@H]1Cc1ccccc1. The summed E-state index contributed by atoms with van der Waals surface area (Å²) >= 11 is 0. The van der Waals surface area contributed by atoms with Gasteiger partial charge in [0.05, 0.1) is 25.4 Å². The molecule has 1 saturated carbocycles. The van der Waals surface area contributed by atoms with Crippen LogP contribution >= 0.6 is 0 Å². The van der Waals surface area contributed by atoms with Crippen LogP contribution < -0.4 is 5.32 Å². The van der Waals surface area contributed by atoms with Crippen LogP contribution in [-0.2, 0) is 15.9 Å². The van der Waals surface area contributed by atoms with Crippen LogP contribution in [0.2, 0.25) is 0 Å². The van der Waals surface area contributed by atoms with Gasteiger partial charge in [-0.05, 0) is 31.2 Å². The number of methoxy groups -OCH3 is 1. The van der Waals surface area contributed by atoms with E-state index in [-0.39, 0.29) is 18.2 Å². The van der Waals surface area contributed by atoms with Gasteiger partial charge in [0.2, 0.25) is 0 Å². The van der Waals surface area contributed by atoms with Crippen molar-refractivity contribution < 1.29 is 14.3 Å². The fourth-order valence-electron chi connectivity index (χ4n) is 3.14. The molecule has 1 aromatic rings. The lowest BCUT2D eigenvalue weighted by Crippen LogP contribution is -2.47. The Morgan fingerprint density at radius 3 is 2.70 bits per heavy atom. The summed E-state index contributed by atoms with van der Waals surface area (Å²) in [5, 5.41) is 3.11. The first-order valence-electron chi connectivity index (χ1n) is 8.49. The molecule has 0 bridgehead atoms. The highest BCUT2D eigenvalue weighted by Gasteiger charge is 2.39. The molecule has 2 atom stereocenters. The Morgan fingerprint density at radius 2 is 2.00 bits per heavy atom. The maximum absolute atomic E-state index is 12.5. The number of benzene rings is 1. The molecule has 0 aromatic heterocycles. The average molecular weight is 318 g/mol.